The van der Waals surface area contributed by atoms with Crippen molar-refractivity contribution in [1.82, 2.24) is 0 Å². The van der Waals surface area contributed by atoms with Crippen molar-refractivity contribution in [2.75, 3.05) is 7.11 Å². The van der Waals surface area contributed by atoms with E-state index in [1.54, 1.807) is 6.07 Å². The Kier molecular flexibility index (Phi) is 4.06. The number of methoxy groups -OCH3 is 1. The second-order valence-corrected chi connectivity index (χ2v) is 5.21. The number of carbonyl (C=O) groups excluding carboxylic acids is 1. The molecule has 2 nitrogen and oxygen atoms in total. The van der Waals surface area contributed by atoms with Crippen LogP contribution in [0.5, 0.6) is 0 Å². The van der Waals surface area contributed by atoms with E-state index in [4.69, 9.17) is 4.74 Å². The molecule has 1 aliphatic carbocycles. The number of halogens is 3. The van der Waals surface area contributed by atoms with E-state index in [2.05, 4.69) is 0 Å². The summed E-state index contributed by atoms with van der Waals surface area (Å²) in [4.78, 5) is 12.1. The molecule has 1 aliphatic rings. The largest absolute Gasteiger partial charge is 0.468 e. The van der Waals surface area contributed by atoms with Crippen LogP contribution in [-0.4, -0.2) is 13.1 Å². The second-order valence-electron chi connectivity index (χ2n) is 5.21. The molecule has 0 atom stereocenters. The van der Waals surface area contributed by atoms with Crippen molar-refractivity contribution in [3.8, 4) is 0 Å². The lowest BCUT2D eigenvalue weighted by Gasteiger charge is -2.35. The monoisotopic (exact) mass is 286 g/mol. The van der Waals surface area contributed by atoms with Crippen molar-refractivity contribution in [1.29, 1.82) is 0 Å². The highest BCUT2D eigenvalue weighted by Crippen LogP contribution is 2.42. The Morgan fingerprint density at radius 2 is 1.85 bits per heavy atom. The van der Waals surface area contributed by atoms with Crippen LogP contribution in [0.4, 0.5) is 13.2 Å². The van der Waals surface area contributed by atoms with Crippen LogP contribution < -0.4 is 0 Å². The summed E-state index contributed by atoms with van der Waals surface area (Å²) in [6.07, 6.45) is -0.668. The Bertz CT molecular complexity index is 488. The lowest BCUT2D eigenvalue weighted by molar-refractivity contribution is -0.149. The maximum absolute atomic E-state index is 12.8. The van der Waals surface area contributed by atoms with Gasteiger partial charge >= 0.3 is 12.1 Å². The van der Waals surface area contributed by atoms with Gasteiger partial charge in [-0.25, -0.2) is 0 Å². The summed E-state index contributed by atoms with van der Waals surface area (Å²) in [5, 5.41) is 0. The van der Waals surface area contributed by atoms with Gasteiger partial charge in [0.25, 0.3) is 0 Å². The van der Waals surface area contributed by atoms with Gasteiger partial charge in [0.2, 0.25) is 0 Å². The molecule has 1 fully saturated rings. The number of benzene rings is 1. The maximum Gasteiger partial charge on any atom is 0.416 e. The Hall–Kier alpha value is -1.52. The number of ether oxygens (including phenoxy) is 1. The molecule has 0 heterocycles. The summed E-state index contributed by atoms with van der Waals surface area (Å²) >= 11 is 0. The normalized spacial score (nSPS) is 18.6. The minimum Gasteiger partial charge on any atom is -0.468 e. The topological polar surface area (TPSA) is 26.3 Å². The van der Waals surface area contributed by atoms with Gasteiger partial charge in [0.1, 0.15) is 0 Å². The molecule has 5 heteroatoms. The van der Waals surface area contributed by atoms with Gasteiger partial charge in [0, 0.05) is 0 Å². The highest BCUT2D eigenvalue weighted by molar-refractivity contribution is 5.83. The van der Waals surface area contributed by atoms with E-state index < -0.39 is 23.1 Å². The van der Waals surface area contributed by atoms with E-state index in [1.807, 2.05) is 0 Å². The third-order valence-electron chi connectivity index (χ3n) is 4.03. The van der Waals surface area contributed by atoms with Gasteiger partial charge in [-0.1, -0.05) is 37.5 Å². The third kappa shape index (κ3) is 2.67. The van der Waals surface area contributed by atoms with Gasteiger partial charge < -0.3 is 4.74 Å². The van der Waals surface area contributed by atoms with E-state index in [9.17, 15) is 18.0 Å². The minimum atomic E-state index is -4.40. The zero-order valence-corrected chi connectivity index (χ0v) is 11.3. The summed E-state index contributed by atoms with van der Waals surface area (Å²) in [5.74, 6) is -0.434. The van der Waals surface area contributed by atoms with Crippen LogP contribution in [-0.2, 0) is 21.1 Å². The van der Waals surface area contributed by atoms with E-state index in [0.29, 0.717) is 18.4 Å². The highest BCUT2D eigenvalue weighted by Gasteiger charge is 2.43. The molecule has 1 aromatic carbocycles. The fourth-order valence-corrected chi connectivity index (χ4v) is 2.95. The molecule has 0 saturated heterocycles. The highest BCUT2D eigenvalue weighted by atomic mass is 19.4. The Labute approximate surface area is 115 Å². The van der Waals surface area contributed by atoms with Gasteiger partial charge in [-0.3, -0.25) is 4.79 Å². The number of alkyl halides is 3. The zero-order chi connectivity index (χ0) is 14.8. The molecule has 1 aromatic rings. The molecule has 0 spiro atoms. The van der Waals surface area contributed by atoms with Gasteiger partial charge in [-0.05, 0) is 24.5 Å². The zero-order valence-electron chi connectivity index (χ0n) is 11.3. The van der Waals surface area contributed by atoms with Crippen LogP contribution in [0, 0.1) is 0 Å². The first-order valence-electron chi connectivity index (χ1n) is 6.66. The first-order valence-corrected chi connectivity index (χ1v) is 6.66. The van der Waals surface area contributed by atoms with Crippen LogP contribution >= 0.6 is 0 Å². The minimum absolute atomic E-state index is 0.416. The van der Waals surface area contributed by atoms with E-state index in [-0.39, 0.29) is 0 Å². The van der Waals surface area contributed by atoms with Crippen molar-refractivity contribution < 1.29 is 22.7 Å². The van der Waals surface area contributed by atoms with Crippen molar-refractivity contribution in [3.63, 3.8) is 0 Å². The fraction of sp³-hybridized carbons (Fsp3) is 0.533. The molecule has 0 aromatic heterocycles. The molecule has 0 aliphatic heterocycles. The molecular formula is C15H17F3O2. The summed E-state index contributed by atoms with van der Waals surface area (Å²) in [7, 11) is 1.28. The maximum atomic E-state index is 12.8. The standard InChI is InChI=1S/C15H17F3O2/c1-20-13(19)14(8-3-2-4-9-14)11-6-5-7-12(10-11)15(16,17)18/h5-7,10H,2-4,8-9H2,1H3. The van der Waals surface area contributed by atoms with Crippen molar-refractivity contribution in [2.24, 2.45) is 0 Å². The quantitative estimate of drug-likeness (QED) is 0.766. The van der Waals surface area contributed by atoms with Crippen LogP contribution in [0.25, 0.3) is 0 Å². The molecule has 110 valence electrons. The molecule has 2 rings (SSSR count). The Balaban J connectivity index is 2.47. The number of hydrogen-bond donors (Lipinski definition) is 0. The van der Waals surface area contributed by atoms with Crippen LogP contribution in [0.1, 0.15) is 43.2 Å². The van der Waals surface area contributed by atoms with Gasteiger partial charge in [0.05, 0.1) is 18.1 Å². The van der Waals surface area contributed by atoms with Gasteiger partial charge in [0.15, 0.2) is 0 Å². The number of esters is 1. The lowest BCUT2D eigenvalue weighted by Crippen LogP contribution is -2.39. The van der Waals surface area contributed by atoms with Crippen molar-refractivity contribution in [3.05, 3.63) is 35.4 Å². The van der Waals surface area contributed by atoms with Crippen LogP contribution in [0.15, 0.2) is 24.3 Å². The molecule has 1 saturated carbocycles. The second kappa shape index (κ2) is 5.46. The SMILES string of the molecule is COC(=O)C1(c2cccc(C(F)(F)F)c2)CCCCC1. The summed E-state index contributed by atoms with van der Waals surface area (Å²) < 4.78 is 43.3. The van der Waals surface area contributed by atoms with E-state index in [0.717, 1.165) is 31.4 Å². The average molecular weight is 286 g/mol. The number of rotatable bonds is 2. The molecule has 0 radical (unpaired) electrons. The average Bonchev–Trinajstić information content (AvgIpc) is 2.46. The lowest BCUT2D eigenvalue weighted by atomic mass is 9.69. The predicted molar refractivity (Wildman–Crippen MR) is 68.2 cm³/mol. The number of carbonyl (C=O) groups is 1. The molecule has 0 N–H and O–H groups in total. The fourth-order valence-electron chi connectivity index (χ4n) is 2.95. The summed E-state index contributed by atoms with van der Waals surface area (Å²) in [6, 6.07) is 5.06. The summed E-state index contributed by atoms with van der Waals surface area (Å²) in [5.41, 5.74) is -1.23. The number of hydrogen-bond acceptors (Lipinski definition) is 2. The molecule has 20 heavy (non-hydrogen) atoms. The Morgan fingerprint density at radius 3 is 2.40 bits per heavy atom. The van der Waals surface area contributed by atoms with Crippen LogP contribution in [0.3, 0.4) is 0 Å². The molecule has 0 unspecified atom stereocenters. The first-order chi connectivity index (χ1) is 9.40. The van der Waals surface area contributed by atoms with Crippen molar-refractivity contribution in [2.45, 2.75) is 43.7 Å². The van der Waals surface area contributed by atoms with Gasteiger partial charge in [-0.15, -0.1) is 0 Å². The third-order valence-corrected chi connectivity index (χ3v) is 4.03. The molecule has 0 amide bonds. The molecular weight excluding hydrogens is 269 g/mol. The Morgan fingerprint density at radius 1 is 1.20 bits per heavy atom. The van der Waals surface area contributed by atoms with E-state index in [1.165, 1.54) is 13.2 Å². The smallest absolute Gasteiger partial charge is 0.416 e. The molecule has 0 bridgehead atoms. The van der Waals surface area contributed by atoms with Gasteiger partial charge in [-0.2, -0.15) is 13.2 Å². The predicted octanol–water partition coefficient (Wildman–Crippen LogP) is 4.08. The van der Waals surface area contributed by atoms with Crippen molar-refractivity contribution >= 4 is 5.97 Å². The van der Waals surface area contributed by atoms with E-state index >= 15 is 0 Å². The van der Waals surface area contributed by atoms with Crippen LogP contribution in [0.2, 0.25) is 0 Å². The summed E-state index contributed by atoms with van der Waals surface area (Å²) in [6.45, 7) is 0. The first kappa shape index (κ1) is 14.9.